The Hall–Kier alpha value is -0.860. The highest BCUT2D eigenvalue weighted by Crippen LogP contribution is 2.40. The Labute approximate surface area is 110 Å². The van der Waals surface area contributed by atoms with E-state index in [0.717, 1.165) is 13.2 Å². The zero-order chi connectivity index (χ0) is 12.6. The summed E-state index contributed by atoms with van der Waals surface area (Å²) in [4.78, 5) is 0. The maximum absolute atomic E-state index is 5.57. The minimum absolute atomic E-state index is 0.276. The molecule has 1 atom stereocenters. The van der Waals surface area contributed by atoms with Crippen molar-refractivity contribution in [1.29, 1.82) is 0 Å². The summed E-state index contributed by atoms with van der Waals surface area (Å²) >= 11 is 0. The van der Waals surface area contributed by atoms with Crippen molar-refractivity contribution >= 4 is 0 Å². The minimum atomic E-state index is 0.276. The van der Waals surface area contributed by atoms with E-state index in [4.69, 9.17) is 4.74 Å². The molecule has 1 N–H and O–H groups in total. The van der Waals surface area contributed by atoms with Crippen molar-refractivity contribution in [3.8, 4) is 0 Å². The van der Waals surface area contributed by atoms with Gasteiger partial charge in [-0.2, -0.15) is 0 Å². The van der Waals surface area contributed by atoms with E-state index in [0.29, 0.717) is 6.04 Å². The predicted octanol–water partition coefficient (Wildman–Crippen LogP) is 2.71. The first-order chi connectivity index (χ1) is 8.70. The summed E-state index contributed by atoms with van der Waals surface area (Å²) in [5, 5.41) is 3.63. The Morgan fingerprint density at radius 1 is 1.33 bits per heavy atom. The Bertz CT molecular complexity index is 431. The molecule has 1 unspecified atom stereocenters. The van der Waals surface area contributed by atoms with Gasteiger partial charge in [0.15, 0.2) is 0 Å². The zero-order valence-electron chi connectivity index (χ0n) is 11.5. The molecular weight excluding hydrogens is 222 g/mol. The SMILES string of the molecule is Cc1ccc(C)c(C2(CC3CCCN3)COC2)c1. The van der Waals surface area contributed by atoms with Crippen LogP contribution in [0.3, 0.4) is 0 Å². The lowest BCUT2D eigenvalue weighted by Crippen LogP contribution is -2.50. The molecule has 2 saturated heterocycles. The third kappa shape index (κ3) is 2.08. The molecule has 0 aromatic heterocycles. The highest BCUT2D eigenvalue weighted by atomic mass is 16.5. The van der Waals surface area contributed by atoms with E-state index in [1.54, 1.807) is 0 Å². The highest BCUT2D eigenvalue weighted by Gasteiger charge is 2.43. The number of hydrogen-bond acceptors (Lipinski definition) is 2. The van der Waals surface area contributed by atoms with Gasteiger partial charge in [0.1, 0.15) is 0 Å². The van der Waals surface area contributed by atoms with Crippen molar-refractivity contribution in [2.75, 3.05) is 19.8 Å². The van der Waals surface area contributed by atoms with Gasteiger partial charge >= 0.3 is 0 Å². The summed E-state index contributed by atoms with van der Waals surface area (Å²) in [6, 6.07) is 7.52. The lowest BCUT2D eigenvalue weighted by Gasteiger charge is -2.44. The molecule has 1 aromatic rings. The molecule has 2 heteroatoms. The van der Waals surface area contributed by atoms with Crippen LogP contribution < -0.4 is 5.32 Å². The monoisotopic (exact) mass is 245 g/mol. The normalized spacial score (nSPS) is 26.0. The second-order valence-corrected chi connectivity index (χ2v) is 6.09. The molecule has 1 aromatic carbocycles. The quantitative estimate of drug-likeness (QED) is 0.884. The molecule has 98 valence electrons. The second-order valence-electron chi connectivity index (χ2n) is 6.09. The molecule has 3 rings (SSSR count). The number of rotatable bonds is 3. The molecule has 18 heavy (non-hydrogen) atoms. The number of benzene rings is 1. The van der Waals surface area contributed by atoms with Gasteiger partial charge in [-0.3, -0.25) is 0 Å². The van der Waals surface area contributed by atoms with Crippen molar-refractivity contribution in [1.82, 2.24) is 5.32 Å². The largest absolute Gasteiger partial charge is 0.379 e. The highest BCUT2D eigenvalue weighted by molar-refractivity contribution is 5.38. The van der Waals surface area contributed by atoms with Crippen molar-refractivity contribution in [3.05, 3.63) is 34.9 Å². The van der Waals surface area contributed by atoms with Crippen LogP contribution in [0.15, 0.2) is 18.2 Å². The Morgan fingerprint density at radius 3 is 2.78 bits per heavy atom. The van der Waals surface area contributed by atoms with Crippen LogP contribution in [0.1, 0.15) is 36.0 Å². The lowest BCUT2D eigenvalue weighted by molar-refractivity contribution is -0.0682. The van der Waals surface area contributed by atoms with Crippen molar-refractivity contribution in [2.24, 2.45) is 0 Å². The van der Waals surface area contributed by atoms with Crippen molar-refractivity contribution in [2.45, 2.75) is 44.6 Å². The Kier molecular flexibility index (Phi) is 3.16. The van der Waals surface area contributed by atoms with Gasteiger partial charge in [-0.05, 0) is 50.8 Å². The van der Waals surface area contributed by atoms with Gasteiger partial charge in [-0.1, -0.05) is 23.8 Å². The Morgan fingerprint density at radius 2 is 2.17 bits per heavy atom. The molecule has 0 radical (unpaired) electrons. The molecular formula is C16H23NO. The fraction of sp³-hybridized carbons (Fsp3) is 0.625. The predicted molar refractivity (Wildman–Crippen MR) is 74.1 cm³/mol. The van der Waals surface area contributed by atoms with Crippen LogP contribution in [0.4, 0.5) is 0 Å². The molecule has 2 fully saturated rings. The van der Waals surface area contributed by atoms with Gasteiger partial charge in [0, 0.05) is 11.5 Å². The standard InChI is InChI=1S/C16H23NO/c1-12-5-6-13(2)15(8-12)16(10-18-11-16)9-14-4-3-7-17-14/h5-6,8,14,17H,3-4,7,9-11H2,1-2H3. The summed E-state index contributed by atoms with van der Waals surface area (Å²) in [6.07, 6.45) is 3.89. The molecule has 0 bridgehead atoms. The van der Waals surface area contributed by atoms with E-state index < -0.39 is 0 Å². The van der Waals surface area contributed by atoms with Crippen LogP contribution >= 0.6 is 0 Å². The lowest BCUT2D eigenvalue weighted by atomic mass is 9.71. The summed E-state index contributed by atoms with van der Waals surface area (Å²) in [6.45, 7) is 7.40. The zero-order valence-corrected chi connectivity index (χ0v) is 11.5. The van der Waals surface area contributed by atoms with Gasteiger partial charge < -0.3 is 10.1 Å². The summed E-state index contributed by atoms with van der Waals surface area (Å²) < 4.78 is 5.57. The van der Waals surface area contributed by atoms with Crippen LogP contribution in [0.2, 0.25) is 0 Å². The van der Waals surface area contributed by atoms with Gasteiger partial charge in [0.05, 0.1) is 13.2 Å². The molecule has 0 aliphatic carbocycles. The molecule has 0 saturated carbocycles. The third-order valence-electron chi connectivity index (χ3n) is 4.52. The fourth-order valence-electron chi connectivity index (χ4n) is 3.44. The molecule has 0 spiro atoms. The summed E-state index contributed by atoms with van der Waals surface area (Å²) in [7, 11) is 0. The fourth-order valence-corrected chi connectivity index (χ4v) is 3.44. The van der Waals surface area contributed by atoms with E-state index >= 15 is 0 Å². The first kappa shape index (κ1) is 12.2. The smallest absolute Gasteiger partial charge is 0.0586 e. The van der Waals surface area contributed by atoms with Crippen LogP contribution in [-0.2, 0) is 10.2 Å². The van der Waals surface area contributed by atoms with E-state index in [-0.39, 0.29) is 5.41 Å². The summed E-state index contributed by atoms with van der Waals surface area (Å²) in [5.41, 5.74) is 4.57. The maximum Gasteiger partial charge on any atom is 0.0586 e. The van der Waals surface area contributed by atoms with Crippen LogP contribution in [0, 0.1) is 13.8 Å². The summed E-state index contributed by atoms with van der Waals surface area (Å²) in [5.74, 6) is 0. The minimum Gasteiger partial charge on any atom is -0.379 e. The topological polar surface area (TPSA) is 21.3 Å². The second kappa shape index (κ2) is 4.67. The molecule has 2 nitrogen and oxygen atoms in total. The average Bonchev–Trinajstić information content (AvgIpc) is 2.80. The number of hydrogen-bond donors (Lipinski definition) is 1. The first-order valence-electron chi connectivity index (χ1n) is 7.08. The molecule has 0 amide bonds. The van der Waals surface area contributed by atoms with Crippen LogP contribution in [0.5, 0.6) is 0 Å². The van der Waals surface area contributed by atoms with Gasteiger partial charge in [0.25, 0.3) is 0 Å². The van der Waals surface area contributed by atoms with Gasteiger partial charge in [0.2, 0.25) is 0 Å². The number of aryl methyl sites for hydroxylation is 2. The first-order valence-corrected chi connectivity index (χ1v) is 7.08. The third-order valence-corrected chi connectivity index (χ3v) is 4.52. The van der Waals surface area contributed by atoms with E-state index in [1.165, 1.54) is 42.5 Å². The van der Waals surface area contributed by atoms with Gasteiger partial charge in [-0.25, -0.2) is 0 Å². The van der Waals surface area contributed by atoms with Crippen LogP contribution in [-0.4, -0.2) is 25.8 Å². The van der Waals surface area contributed by atoms with Crippen molar-refractivity contribution < 1.29 is 4.74 Å². The number of nitrogens with one attached hydrogen (secondary N) is 1. The number of ether oxygens (including phenoxy) is 1. The molecule has 2 aliphatic heterocycles. The van der Waals surface area contributed by atoms with Gasteiger partial charge in [-0.15, -0.1) is 0 Å². The van der Waals surface area contributed by atoms with E-state index in [9.17, 15) is 0 Å². The maximum atomic E-state index is 5.57. The van der Waals surface area contributed by atoms with E-state index in [1.807, 2.05) is 0 Å². The van der Waals surface area contributed by atoms with Crippen molar-refractivity contribution in [3.63, 3.8) is 0 Å². The Balaban J connectivity index is 1.87. The average molecular weight is 245 g/mol. The molecule has 2 aliphatic rings. The van der Waals surface area contributed by atoms with E-state index in [2.05, 4.69) is 37.4 Å². The molecule has 2 heterocycles. The van der Waals surface area contributed by atoms with Crippen LogP contribution in [0.25, 0.3) is 0 Å².